The standard InChI is InChI=1S/C14H21BrN2O/c1-11-9-12(15)3-4-14(11)17(2)7-5-13-10-16-6-8-18-13/h3-4,9,13,16H,5-8,10H2,1-2H3. The second-order valence-electron chi connectivity index (χ2n) is 4.84. The van der Waals surface area contributed by atoms with Crippen molar-refractivity contribution < 1.29 is 4.74 Å². The number of ether oxygens (including phenoxy) is 1. The highest BCUT2D eigenvalue weighted by Crippen LogP contribution is 2.23. The first-order valence-corrected chi connectivity index (χ1v) is 7.26. The van der Waals surface area contributed by atoms with Crippen LogP contribution >= 0.6 is 15.9 Å². The molecule has 0 bridgehead atoms. The Kier molecular flexibility index (Phi) is 5.03. The van der Waals surface area contributed by atoms with Crippen molar-refractivity contribution in [2.75, 3.05) is 38.2 Å². The van der Waals surface area contributed by atoms with Crippen LogP contribution in [0.1, 0.15) is 12.0 Å². The van der Waals surface area contributed by atoms with Crippen LogP contribution in [0.2, 0.25) is 0 Å². The molecule has 1 unspecified atom stereocenters. The van der Waals surface area contributed by atoms with Crippen molar-refractivity contribution >= 4 is 21.6 Å². The number of aryl methyl sites for hydroxylation is 1. The molecule has 18 heavy (non-hydrogen) atoms. The van der Waals surface area contributed by atoms with Crippen molar-refractivity contribution in [1.29, 1.82) is 0 Å². The van der Waals surface area contributed by atoms with Crippen LogP contribution in [-0.4, -0.2) is 39.4 Å². The summed E-state index contributed by atoms with van der Waals surface area (Å²) in [5.74, 6) is 0. The van der Waals surface area contributed by atoms with Gasteiger partial charge in [-0.2, -0.15) is 0 Å². The van der Waals surface area contributed by atoms with E-state index in [1.807, 2.05) is 0 Å². The summed E-state index contributed by atoms with van der Waals surface area (Å²) in [5.41, 5.74) is 2.59. The molecule has 1 aromatic rings. The predicted molar refractivity (Wildman–Crippen MR) is 79.4 cm³/mol. The fourth-order valence-corrected chi connectivity index (χ4v) is 2.79. The van der Waals surface area contributed by atoms with Crippen molar-refractivity contribution in [3.8, 4) is 0 Å². The smallest absolute Gasteiger partial charge is 0.0716 e. The summed E-state index contributed by atoms with van der Waals surface area (Å²) in [6, 6.07) is 6.42. The average Bonchev–Trinajstić information content (AvgIpc) is 2.37. The quantitative estimate of drug-likeness (QED) is 0.925. The van der Waals surface area contributed by atoms with Gasteiger partial charge in [0, 0.05) is 36.8 Å². The summed E-state index contributed by atoms with van der Waals surface area (Å²) >= 11 is 3.50. The molecule has 4 heteroatoms. The maximum atomic E-state index is 5.72. The zero-order valence-corrected chi connectivity index (χ0v) is 12.7. The van der Waals surface area contributed by atoms with Crippen LogP contribution < -0.4 is 10.2 Å². The highest BCUT2D eigenvalue weighted by molar-refractivity contribution is 9.10. The lowest BCUT2D eigenvalue weighted by molar-refractivity contribution is 0.0250. The maximum Gasteiger partial charge on any atom is 0.0716 e. The topological polar surface area (TPSA) is 24.5 Å². The molecule has 1 fully saturated rings. The molecule has 1 N–H and O–H groups in total. The van der Waals surface area contributed by atoms with Gasteiger partial charge in [0.2, 0.25) is 0 Å². The third-order valence-electron chi connectivity index (χ3n) is 3.36. The van der Waals surface area contributed by atoms with Gasteiger partial charge in [-0.1, -0.05) is 15.9 Å². The minimum atomic E-state index is 0.358. The predicted octanol–water partition coefficient (Wildman–Crippen LogP) is 2.57. The van der Waals surface area contributed by atoms with Crippen molar-refractivity contribution in [3.05, 3.63) is 28.2 Å². The lowest BCUT2D eigenvalue weighted by atomic mass is 10.1. The summed E-state index contributed by atoms with van der Waals surface area (Å²) in [6.07, 6.45) is 1.43. The Balaban J connectivity index is 1.88. The second kappa shape index (κ2) is 6.55. The first-order valence-electron chi connectivity index (χ1n) is 6.46. The molecule has 1 saturated heterocycles. The molecule has 1 atom stereocenters. The van der Waals surface area contributed by atoms with Crippen LogP contribution in [0.4, 0.5) is 5.69 Å². The maximum absolute atomic E-state index is 5.72. The molecule has 2 rings (SSSR count). The third-order valence-corrected chi connectivity index (χ3v) is 3.85. The number of nitrogens with one attached hydrogen (secondary N) is 1. The minimum Gasteiger partial charge on any atom is -0.376 e. The number of hydrogen-bond donors (Lipinski definition) is 1. The molecule has 1 aromatic carbocycles. The largest absolute Gasteiger partial charge is 0.376 e. The van der Waals surface area contributed by atoms with Crippen molar-refractivity contribution in [1.82, 2.24) is 5.32 Å². The Morgan fingerprint density at radius 3 is 3.00 bits per heavy atom. The first kappa shape index (κ1) is 13.8. The zero-order chi connectivity index (χ0) is 13.0. The SMILES string of the molecule is Cc1cc(Br)ccc1N(C)CCC1CNCCO1. The molecule has 0 aliphatic carbocycles. The van der Waals surface area contributed by atoms with Gasteiger partial charge in [0.25, 0.3) is 0 Å². The summed E-state index contributed by atoms with van der Waals surface area (Å²) in [5, 5.41) is 3.37. The lowest BCUT2D eigenvalue weighted by Crippen LogP contribution is -2.40. The Labute approximate surface area is 118 Å². The van der Waals surface area contributed by atoms with Gasteiger partial charge in [0.05, 0.1) is 12.7 Å². The Morgan fingerprint density at radius 2 is 2.33 bits per heavy atom. The molecule has 0 spiro atoms. The van der Waals surface area contributed by atoms with E-state index in [2.05, 4.69) is 58.3 Å². The molecule has 3 nitrogen and oxygen atoms in total. The van der Waals surface area contributed by atoms with E-state index in [-0.39, 0.29) is 0 Å². The Bertz CT molecular complexity index is 391. The van der Waals surface area contributed by atoms with Gasteiger partial charge in [-0.05, 0) is 37.1 Å². The molecular weight excluding hydrogens is 292 g/mol. The van der Waals surface area contributed by atoms with Crippen molar-refractivity contribution in [2.45, 2.75) is 19.4 Å². The number of halogens is 1. The average molecular weight is 313 g/mol. The first-order chi connectivity index (χ1) is 8.66. The van der Waals surface area contributed by atoms with Gasteiger partial charge >= 0.3 is 0 Å². The number of morpholine rings is 1. The highest BCUT2D eigenvalue weighted by Gasteiger charge is 2.14. The van der Waals surface area contributed by atoms with Gasteiger partial charge in [-0.25, -0.2) is 0 Å². The van der Waals surface area contributed by atoms with E-state index in [0.29, 0.717) is 6.10 Å². The molecular formula is C14H21BrN2O. The summed E-state index contributed by atoms with van der Waals surface area (Å²) in [7, 11) is 2.15. The fraction of sp³-hybridized carbons (Fsp3) is 0.571. The van der Waals surface area contributed by atoms with E-state index in [4.69, 9.17) is 4.74 Å². The van der Waals surface area contributed by atoms with Crippen LogP contribution in [0.25, 0.3) is 0 Å². The fourth-order valence-electron chi connectivity index (χ4n) is 2.31. The molecule has 0 radical (unpaired) electrons. The highest BCUT2D eigenvalue weighted by atomic mass is 79.9. The van der Waals surface area contributed by atoms with Crippen LogP contribution in [0.5, 0.6) is 0 Å². The van der Waals surface area contributed by atoms with E-state index in [1.54, 1.807) is 0 Å². The third kappa shape index (κ3) is 3.70. The number of benzene rings is 1. The van der Waals surface area contributed by atoms with Crippen molar-refractivity contribution in [2.24, 2.45) is 0 Å². The molecule has 0 saturated carbocycles. The van der Waals surface area contributed by atoms with Gasteiger partial charge < -0.3 is 15.0 Å². The Hall–Kier alpha value is -0.580. The van der Waals surface area contributed by atoms with Crippen LogP contribution in [0, 0.1) is 6.92 Å². The van der Waals surface area contributed by atoms with E-state index < -0.39 is 0 Å². The summed E-state index contributed by atoms with van der Waals surface area (Å²) in [4.78, 5) is 2.31. The van der Waals surface area contributed by atoms with Crippen LogP contribution in [0.15, 0.2) is 22.7 Å². The van der Waals surface area contributed by atoms with E-state index in [9.17, 15) is 0 Å². The molecule has 1 aliphatic rings. The Morgan fingerprint density at radius 1 is 1.50 bits per heavy atom. The number of rotatable bonds is 4. The normalized spacial score (nSPS) is 19.8. The van der Waals surface area contributed by atoms with Crippen LogP contribution in [0.3, 0.4) is 0 Å². The summed E-state index contributed by atoms with van der Waals surface area (Å²) in [6.45, 7) is 5.97. The van der Waals surface area contributed by atoms with Gasteiger partial charge in [-0.15, -0.1) is 0 Å². The van der Waals surface area contributed by atoms with Gasteiger partial charge in [0.1, 0.15) is 0 Å². The van der Waals surface area contributed by atoms with Gasteiger partial charge in [-0.3, -0.25) is 0 Å². The lowest BCUT2D eigenvalue weighted by Gasteiger charge is -2.27. The second-order valence-corrected chi connectivity index (χ2v) is 5.75. The van der Waals surface area contributed by atoms with Gasteiger partial charge in [0.15, 0.2) is 0 Å². The van der Waals surface area contributed by atoms with E-state index in [1.165, 1.54) is 11.3 Å². The molecule has 100 valence electrons. The number of anilines is 1. The number of nitrogens with zero attached hydrogens (tertiary/aromatic N) is 1. The van der Waals surface area contributed by atoms with E-state index in [0.717, 1.165) is 37.1 Å². The molecule has 0 aromatic heterocycles. The number of hydrogen-bond acceptors (Lipinski definition) is 3. The minimum absolute atomic E-state index is 0.358. The molecule has 0 amide bonds. The molecule has 1 heterocycles. The summed E-state index contributed by atoms with van der Waals surface area (Å²) < 4.78 is 6.85. The van der Waals surface area contributed by atoms with E-state index >= 15 is 0 Å². The monoisotopic (exact) mass is 312 g/mol. The zero-order valence-electron chi connectivity index (χ0n) is 11.1. The molecule has 1 aliphatic heterocycles. The van der Waals surface area contributed by atoms with Crippen molar-refractivity contribution in [3.63, 3.8) is 0 Å². The van der Waals surface area contributed by atoms with Crippen LogP contribution in [-0.2, 0) is 4.74 Å².